The highest BCUT2D eigenvalue weighted by Gasteiger charge is 1.99. The Morgan fingerprint density at radius 2 is 2.21 bits per heavy atom. The van der Waals surface area contributed by atoms with Crippen molar-refractivity contribution in [3.8, 4) is 0 Å². The van der Waals surface area contributed by atoms with E-state index in [1.807, 2.05) is 12.3 Å². The normalized spacial score (nSPS) is 10.4. The zero-order valence-corrected chi connectivity index (χ0v) is 8.70. The molecule has 0 saturated heterocycles. The molecule has 0 aliphatic carbocycles. The second kappa shape index (κ2) is 5.60. The molecular weight excluding hydrogens is 176 g/mol. The van der Waals surface area contributed by atoms with Gasteiger partial charge < -0.3 is 10.3 Å². The van der Waals surface area contributed by atoms with Gasteiger partial charge in [-0.25, -0.2) is 0 Å². The lowest BCUT2D eigenvalue weighted by atomic mass is 10.2. The fourth-order valence-electron chi connectivity index (χ4n) is 1.45. The Kier molecular flexibility index (Phi) is 4.40. The van der Waals surface area contributed by atoms with E-state index in [1.165, 1.54) is 12.8 Å². The van der Waals surface area contributed by atoms with Crippen LogP contribution in [0.25, 0.3) is 0 Å². The van der Waals surface area contributed by atoms with E-state index in [0.29, 0.717) is 12.1 Å². The molecule has 0 saturated carbocycles. The smallest absolute Gasteiger partial charge is 0.255 e. The number of aryl methyl sites for hydroxylation is 1. The second-order valence-corrected chi connectivity index (χ2v) is 3.44. The third-order valence-electron chi connectivity index (χ3n) is 2.32. The van der Waals surface area contributed by atoms with Gasteiger partial charge in [-0.3, -0.25) is 4.79 Å². The molecule has 1 aromatic rings. The average molecular weight is 194 g/mol. The summed E-state index contributed by atoms with van der Waals surface area (Å²) in [6, 6.07) is 3.67. The van der Waals surface area contributed by atoms with E-state index in [1.54, 1.807) is 10.6 Å². The van der Waals surface area contributed by atoms with Crippen molar-refractivity contribution >= 4 is 0 Å². The maximum Gasteiger partial charge on any atom is 0.255 e. The van der Waals surface area contributed by atoms with Gasteiger partial charge in [-0.2, -0.15) is 0 Å². The summed E-state index contributed by atoms with van der Waals surface area (Å²) in [6.07, 6.45) is 5.23. The third kappa shape index (κ3) is 2.70. The molecule has 0 bridgehead atoms. The Hall–Kier alpha value is -1.09. The molecule has 78 valence electrons. The molecule has 0 spiro atoms. The summed E-state index contributed by atoms with van der Waals surface area (Å²) < 4.78 is 1.75. The first-order valence-electron chi connectivity index (χ1n) is 5.18. The first kappa shape index (κ1) is 11.0. The van der Waals surface area contributed by atoms with Gasteiger partial charge in [-0.15, -0.1) is 0 Å². The molecule has 0 fully saturated rings. The van der Waals surface area contributed by atoms with Gasteiger partial charge in [0, 0.05) is 24.8 Å². The summed E-state index contributed by atoms with van der Waals surface area (Å²) in [4.78, 5) is 11.7. The highest BCUT2D eigenvalue weighted by Crippen LogP contribution is 1.97. The zero-order chi connectivity index (χ0) is 10.4. The maximum atomic E-state index is 11.7. The fourth-order valence-corrected chi connectivity index (χ4v) is 1.45. The molecule has 14 heavy (non-hydrogen) atoms. The van der Waals surface area contributed by atoms with Crippen LogP contribution in [-0.4, -0.2) is 4.57 Å². The molecule has 0 amide bonds. The van der Waals surface area contributed by atoms with E-state index in [2.05, 4.69) is 6.92 Å². The van der Waals surface area contributed by atoms with Gasteiger partial charge in [0.2, 0.25) is 0 Å². The summed E-state index contributed by atoms with van der Waals surface area (Å²) in [6.45, 7) is 3.28. The van der Waals surface area contributed by atoms with Crippen molar-refractivity contribution in [2.24, 2.45) is 5.73 Å². The van der Waals surface area contributed by atoms with Crippen molar-refractivity contribution in [3.05, 3.63) is 34.2 Å². The molecule has 0 atom stereocenters. The van der Waals surface area contributed by atoms with Gasteiger partial charge in [0.25, 0.3) is 5.56 Å². The summed E-state index contributed by atoms with van der Waals surface area (Å²) in [5, 5.41) is 0. The van der Waals surface area contributed by atoms with Crippen molar-refractivity contribution in [2.45, 2.75) is 39.3 Å². The third-order valence-corrected chi connectivity index (χ3v) is 2.32. The van der Waals surface area contributed by atoms with Crippen LogP contribution in [-0.2, 0) is 13.1 Å². The van der Waals surface area contributed by atoms with E-state index in [0.717, 1.165) is 13.0 Å². The average Bonchev–Trinajstić information content (AvgIpc) is 2.21. The van der Waals surface area contributed by atoms with Gasteiger partial charge >= 0.3 is 0 Å². The number of hydrogen-bond donors (Lipinski definition) is 1. The van der Waals surface area contributed by atoms with Crippen LogP contribution in [0.3, 0.4) is 0 Å². The zero-order valence-electron chi connectivity index (χ0n) is 8.70. The molecule has 0 aromatic carbocycles. The van der Waals surface area contributed by atoms with Crippen molar-refractivity contribution < 1.29 is 0 Å². The Bertz CT molecular complexity index is 330. The largest absolute Gasteiger partial charge is 0.326 e. The Labute approximate surface area is 84.6 Å². The monoisotopic (exact) mass is 194 g/mol. The Morgan fingerprint density at radius 1 is 1.43 bits per heavy atom. The minimum absolute atomic E-state index is 0.0612. The van der Waals surface area contributed by atoms with Crippen molar-refractivity contribution in [1.29, 1.82) is 0 Å². The second-order valence-electron chi connectivity index (χ2n) is 3.44. The Balaban J connectivity index is 2.72. The van der Waals surface area contributed by atoms with Crippen LogP contribution in [0, 0.1) is 0 Å². The predicted octanol–water partition coefficient (Wildman–Crippen LogP) is 1.50. The number of aromatic nitrogens is 1. The minimum atomic E-state index is 0.0612. The van der Waals surface area contributed by atoms with E-state index in [4.69, 9.17) is 5.73 Å². The number of hydrogen-bond acceptors (Lipinski definition) is 2. The molecule has 0 aliphatic rings. The van der Waals surface area contributed by atoms with Crippen molar-refractivity contribution in [3.63, 3.8) is 0 Å². The van der Waals surface area contributed by atoms with Crippen LogP contribution in [0.5, 0.6) is 0 Å². The van der Waals surface area contributed by atoms with Crippen LogP contribution in [0.4, 0.5) is 0 Å². The molecule has 3 nitrogen and oxygen atoms in total. The van der Waals surface area contributed by atoms with Gasteiger partial charge in [-0.05, 0) is 12.5 Å². The fraction of sp³-hybridized carbons (Fsp3) is 0.545. The van der Waals surface area contributed by atoms with Crippen LogP contribution < -0.4 is 11.3 Å². The molecule has 1 aromatic heterocycles. The summed E-state index contributed by atoms with van der Waals surface area (Å²) >= 11 is 0. The lowest BCUT2D eigenvalue weighted by Gasteiger charge is -2.06. The highest BCUT2D eigenvalue weighted by atomic mass is 16.1. The van der Waals surface area contributed by atoms with E-state index in [-0.39, 0.29) is 5.56 Å². The molecule has 0 unspecified atom stereocenters. The number of unbranched alkanes of at least 4 members (excludes halogenated alkanes) is 2. The van der Waals surface area contributed by atoms with Crippen LogP contribution in [0.15, 0.2) is 23.1 Å². The van der Waals surface area contributed by atoms with Gasteiger partial charge in [-0.1, -0.05) is 25.8 Å². The van der Waals surface area contributed by atoms with Gasteiger partial charge in [0.05, 0.1) is 0 Å². The van der Waals surface area contributed by atoms with E-state index < -0.39 is 0 Å². The SMILES string of the molecule is CCCCCn1cccc(CN)c1=O. The molecule has 0 aliphatic heterocycles. The minimum Gasteiger partial charge on any atom is -0.326 e. The van der Waals surface area contributed by atoms with Crippen molar-refractivity contribution in [2.75, 3.05) is 0 Å². The summed E-state index contributed by atoms with van der Waals surface area (Å²) in [7, 11) is 0. The van der Waals surface area contributed by atoms with Crippen LogP contribution >= 0.6 is 0 Å². The summed E-state index contributed by atoms with van der Waals surface area (Å²) in [5.41, 5.74) is 6.22. The quantitative estimate of drug-likeness (QED) is 0.722. The standard InChI is InChI=1S/C11H18N2O/c1-2-3-4-7-13-8-5-6-10(9-12)11(13)14/h5-6,8H,2-4,7,9,12H2,1H3. The van der Waals surface area contributed by atoms with Crippen molar-refractivity contribution in [1.82, 2.24) is 4.57 Å². The first-order chi connectivity index (χ1) is 6.79. The number of nitrogens with zero attached hydrogens (tertiary/aromatic N) is 1. The molecule has 2 N–H and O–H groups in total. The van der Waals surface area contributed by atoms with E-state index in [9.17, 15) is 4.79 Å². The molecule has 1 rings (SSSR count). The number of pyridine rings is 1. The molecular formula is C11H18N2O. The van der Waals surface area contributed by atoms with Crippen LogP contribution in [0.1, 0.15) is 31.7 Å². The lowest BCUT2D eigenvalue weighted by Crippen LogP contribution is -2.24. The number of nitrogens with two attached hydrogens (primary N) is 1. The Morgan fingerprint density at radius 3 is 2.86 bits per heavy atom. The lowest BCUT2D eigenvalue weighted by molar-refractivity contribution is 0.584. The summed E-state index contributed by atoms with van der Waals surface area (Å²) in [5.74, 6) is 0. The molecule has 1 heterocycles. The number of rotatable bonds is 5. The topological polar surface area (TPSA) is 48.0 Å². The first-order valence-corrected chi connectivity index (χ1v) is 5.18. The molecule has 3 heteroatoms. The molecule has 0 radical (unpaired) electrons. The highest BCUT2D eigenvalue weighted by molar-refractivity contribution is 5.09. The van der Waals surface area contributed by atoms with Gasteiger partial charge in [0.15, 0.2) is 0 Å². The predicted molar refractivity (Wildman–Crippen MR) is 58.1 cm³/mol. The maximum absolute atomic E-state index is 11.7. The van der Waals surface area contributed by atoms with Gasteiger partial charge in [0.1, 0.15) is 0 Å². The van der Waals surface area contributed by atoms with Crippen LogP contribution in [0.2, 0.25) is 0 Å². The van der Waals surface area contributed by atoms with E-state index >= 15 is 0 Å².